The van der Waals surface area contributed by atoms with Crippen LogP contribution >= 0.6 is 11.6 Å². The molecule has 0 saturated carbocycles. The van der Waals surface area contributed by atoms with E-state index >= 15 is 0 Å². The molecule has 0 radical (unpaired) electrons. The maximum atomic E-state index is 11.6. The van der Waals surface area contributed by atoms with Crippen LogP contribution in [0.1, 0.15) is 38.3 Å². The summed E-state index contributed by atoms with van der Waals surface area (Å²) in [7, 11) is 0. The van der Waals surface area contributed by atoms with Crippen molar-refractivity contribution in [1.29, 1.82) is 0 Å². The summed E-state index contributed by atoms with van der Waals surface area (Å²) in [6.45, 7) is 6.78. The van der Waals surface area contributed by atoms with Crippen LogP contribution in [0.25, 0.3) is 0 Å². The third kappa shape index (κ3) is 7.31. The molecule has 2 rings (SSSR count). The van der Waals surface area contributed by atoms with Crippen molar-refractivity contribution < 1.29 is 14.3 Å². The van der Waals surface area contributed by atoms with Gasteiger partial charge in [-0.3, -0.25) is 4.79 Å². The zero-order valence-electron chi connectivity index (χ0n) is 15.9. The van der Waals surface area contributed by atoms with E-state index < -0.39 is 0 Å². The van der Waals surface area contributed by atoms with Gasteiger partial charge in [0, 0.05) is 11.4 Å². The Morgan fingerprint density at radius 3 is 2.70 bits per heavy atom. The van der Waals surface area contributed by atoms with Gasteiger partial charge in [-0.25, -0.2) is 5.43 Å². The maximum absolute atomic E-state index is 11.6. The van der Waals surface area contributed by atoms with Crippen LogP contribution < -0.4 is 14.9 Å². The monoisotopic (exact) mass is 388 g/mol. The smallest absolute Gasteiger partial charge is 0.240 e. The van der Waals surface area contributed by atoms with Gasteiger partial charge in [0.05, 0.1) is 12.8 Å². The first-order chi connectivity index (χ1) is 13.0. The van der Waals surface area contributed by atoms with Gasteiger partial charge in [-0.15, -0.1) is 0 Å². The van der Waals surface area contributed by atoms with Crippen LogP contribution in [-0.2, 0) is 11.4 Å². The predicted octanol–water partition coefficient (Wildman–Crippen LogP) is 4.81. The number of hydrogen-bond donors (Lipinski definition) is 1. The quantitative estimate of drug-likeness (QED) is 0.495. The number of hydrazone groups is 1. The molecule has 0 atom stereocenters. The summed E-state index contributed by atoms with van der Waals surface area (Å²) in [6.07, 6.45) is 2.03. The molecule has 0 aromatic heterocycles. The number of nitrogens with zero attached hydrogens (tertiary/aromatic N) is 1. The van der Waals surface area contributed by atoms with Crippen molar-refractivity contribution in [2.45, 2.75) is 33.8 Å². The molecule has 0 unspecified atom stereocenters. The van der Waals surface area contributed by atoms with Crippen molar-refractivity contribution in [2.24, 2.45) is 11.0 Å². The molecule has 0 aliphatic heterocycles. The molecule has 2 aromatic rings. The Balaban J connectivity index is 2.03. The Morgan fingerprint density at radius 2 is 2.00 bits per heavy atom. The highest BCUT2D eigenvalue weighted by molar-refractivity contribution is 6.30. The molecule has 1 N–H and O–H groups in total. The Bertz CT molecular complexity index is 791. The Labute approximate surface area is 165 Å². The van der Waals surface area contributed by atoms with Gasteiger partial charge >= 0.3 is 0 Å². The summed E-state index contributed by atoms with van der Waals surface area (Å²) >= 11 is 6.00. The summed E-state index contributed by atoms with van der Waals surface area (Å²) in [5.41, 5.74) is 4.31. The summed E-state index contributed by atoms with van der Waals surface area (Å²) in [4.78, 5) is 11.6. The highest BCUT2D eigenvalue weighted by Gasteiger charge is 2.07. The number of nitrogens with one attached hydrogen (secondary N) is 1. The zero-order chi connectivity index (χ0) is 19.6. The number of hydrogen-bond acceptors (Lipinski definition) is 4. The molecule has 6 heteroatoms. The van der Waals surface area contributed by atoms with Crippen molar-refractivity contribution in [2.75, 3.05) is 6.61 Å². The summed E-state index contributed by atoms with van der Waals surface area (Å²) in [6, 6.07) is 13.0. The standard InChI is InChI=1S/C21H25ClN2O3/c1-4-26-20-12-16(13-23-24-21(25)10-15(2)3)8-9-19(20)27-14-17-6-5-7-18(22)11-17/h5-9,11-13,15H,4,10,14H2,1-3H3,(H,24,25)/b23-13+. The van der Waals surface area contributed by atoms with E-state index in [1.165, 1.54) is 0 Å². The molecule has 0 fully saturated rings. The average Bonchev–Trinajstić information content (AvgIpc) is 2.61. The minimum absolute atomic E-state index is 0.104. The third-order valence-electron chi connectivity index (χ3n) is 3.55. The first-order valence-corrected chi connectivity index (χ1v) is 9.31. The molecule has 144 valence electrons. The van der Waals surface area contributed by atoms with Gasteiger partial charge in [0.1, 0.15) is 6.61 Å². The number of carbonyl (C=O) groups excluding carboxylic acids is 1. The van der Waals surface area contributed by atoms with Crippen LogP contribution in [0.3, 0.4) is 0 Å². The number of benzene rings is 2. The number of ether oxygens (including phenoxy) is 2. The SMILES string of the molecule is CCOc1cc(/C=N/NC(=O)CC(C)C)ccc1OCc1cccc(Cl)c1. The number of rotatable bonds is 9. The molecule has 0 saturated heterocycles. The molecule has 0 heterocycles. The maximum Gasteiger partial charge on any atom is 0.240 e. The summed E-state index contributed by atoms with van der Waals surface area (Å²) in [5, 5.41) is 4.67. The fourth-order valence-electron chi connectivity index (χ4n) is 2.38. The van der Waals surface area contributed by atoms with E-state index in [4.69, 9.17) is 21.1 Å². The minimum Gasteiger partial charge on any atom is -0.490 e. The highest BCUT2D eigenvalue weighted by atomic mass is 35.5. The van der Waals surface area contributed by atoms with Crippen molar-refractivity contribution in [3.63, 3.8) is 0 Å². The van der Waals surface area contributed by atoms with Crippen LogP contribution in [0, 0.1) is 5.92 Å². The molecule has 0 bridgehead atoms. The fraction of sp³-hybridized carbons (Fsp3) is 0.333. The summed E-state index contributed by atoms with van der Waals surface area (Å²) in [5.74, 6) is 1.45. The molecular weight excluding hydrogens is 364 g/mol. The lowest BCUT2D eigenvalue weighted by Gasteiger charge is -2.13. The molecule has 0 spiro atoms. The van der Waals surface area contributed by atoms with Gasteiger partial charge in [-0.2, -0.15) is 5.10 Å². The Morgan fingerprint density at radius 1 is 1.19 bits per heavy atom. The molecule has 0 aliphatic carbocycles. The van der Waals surface area contributed by atoms with Crippen LogP contribution in [0.15, 0.2) is 47.6 Å². The van der Waals surface area contributed by atoms with Crippen molar-refractivity contribution >= 4 is 23.7 Å². The lowest BCUT2D eigenvalue weighted by molar-refractivity contribution is -0.121. The van der Waals surface area contributed by atoms with Crippen LogP contribution in [0.5, 0.6) is 11.5 Å². The Kier molecular flexibility index (Phi) is 8.14. The van der Waals surface area contributed by atoms with Crippen molar-refractivity contribution in [1.82, 2.24) is 5.43 Å². The number of carbonyl (C=O) groups is 1. The van der Waals surface area contributed by atoms with Crippen molar-refractivity contribution in [3.8, 4) is 11.5 Å². The summed E-state index contributed by atoms with van der Waals surface area (Å²) < 4.78 is 11.5. The van der Waals surface area contributed by atoms with E-state index in [0.29, 0.717) is 42.1 Å². The first-order valence-electron chi connectivity index (χ1n) is 8.94. The van der Waals surface area contributed by atoms with Gasteiger partial charge in [0.2, 0.25) is 5.91 Å². The fourth-order valence-corrected chi connectivity index (χ4v) is 2.59. The van der Waals surface area contributed by atoms with E-state index in [2.05, 4.69) is 10.5 Å². The number of amides is 1. The van der Waals surface area contributed by atoms with Gasteiger partial charge < -0.3 is 9.47 Å². The number of halogens is 1. The molecule has 1 amide bonds. The Hall–Kier alpha value is -2.53. The van der Waals surface area contributed by atoms with Crippen LogP contribution in [0.4, 0.5) is 0 Å². The first kappa shape index (κ1) is 20.8. The normalized spacial score (nSPS) is 11.0. The second-order valence-corrected chi connectivity index (χ2v) is 6.89. The van der Waals surface area contributed by atoms with Gasteiger partial charge in [-0.05, 0) is 54.3 Å². The van der Waals surface area contributed by atoms with Crippen molar-refractivity contribution in [3.05, 3.63) is 58.6 Å². The highest BCUT2D eigenvalue weighted by Crippen LogP contribution is 2.29. The lowest BCUT2D eigenvalue weighted by Crippen LogP contribution is -2.19. The lowest BCUT2D eigenvalue weighted by atomic mass is 10.1. The van der Waals surface area contributed by atoms with E-state index in [1.54, 1.807) is 6.21 Å². The molecular formula is C21H25ClN2O3. The second-order valence-electron chi connectivity index (χ2n) is 6.45. The van der Waals surface area contributed by atoms with E-state index in [-0.39, 0.29) is 5.91 Å². The zero-order valence-corrected chi connectivity index (χ0v) is 16.6. The predicted molar refractivity (Wildman–Crippen MR) is 109 cm³/mol. The minimum atomic E-state index is -0.104. The van der Waals surface area contributed by atoms with Gasteiger partial charge in [0.25, 0.3) is 0 Å². The second kappa shape index (κ2) is 10.6. The van der Waals surface area contributed by atoms with E-state index in [9.17, 15) is 4.79 Å². The largest absolute Gasteiger partial charge is 0.490 e. The topological polar surface area (TPSA) is 59.9 Å². The van der Waals surface area contributed by atoms with Crippen LogP contribution in [-0.4, -0.2) is 18.7 Å². The molecule has 2 aromatic carbocycles. The molecule has 5 nitrogen and oxygen atoms in total. The van der Waals surface area contributed by atoms with E-state index in [1.807, 2.05) is 63.2 Å². The third-order valence-corrected chi connectivity index (χ3v) is 3.78. The molecule has 0 aliphatic rings. The van der Waals surface area contributed by atoms with Gasteiger partial charge in [-0.1, -0.05) is 37.6 Å². The van der Waals surface area contributed by atoms with Gasteiger partial charge in [0.15, 0.2) is 11.5 Å². The molecule has 27 heavy (non-hydrogen) atoms. The average molecular weight is 389 g/mol. The van der Waals surface area contributed by atoms with Crippen LogP contribution in [0.2, 0.25) is 5.02 Å². The van der Waals surface area contributed by atoms with E-state index in [0.717, 1.165) is 11.1 Å².